The molecule has 2 aromatic carbocycles. The Morgan fingerprint density at radius 1 is 1.18 bits per heavy atom. The predicted octanol–water partition coefficient (Wildman–Crippen LogP) is 6.27. The van der Waals surface area contributed by atoms with Crippen LogP contribution in [-0.4, -0.2) is 59.3 Å². The molecule has 45 heavy (non-hydrogen) atoms. The van der Waals surface area contributed by atoms with Crippen LogP contribution in [0.4, 0.5) is 8.78 Å². The van der Waals surface area contributed by atoms with E-state index in [9.17, 15) is 14.0 Å². The van der Waals surface area contributed by atoms with Crippen molar-refractivity contribution in [3.8, 4) is 39.5 Å². The summed E-state index contributed by atoms with van der Waals surface area (Å²) in [4.78, 5) is 31.5. The number of carbonyl (C=O) groups excluding carboxylic acids is 2. The summed E-state index contributed by atoms with van der Waals surface area (Å²) in [5, 5.41) is 12.8. The molecule has 9 nitrogen and oxygen atoms in total. The van der Waals surface area contributed by atoms with Gasteiger partial charge >= 0.3 is 0 Å². The number of benzene rings is 2. The van der Waals surface area contributed by atoms with E-state index in [1.54, 1.807) is 24.9 Å². The summed E-state index contributed by atoms with van der Waals surface area (Å²) in [5.74, 6) is -2.07. The molecule has 5 aromatic rings. The minimum absolute atomic E-state index is 0.0106. The van der Waals surface area contributed by atoms with Gasteiger partial charge in [-0.25, -0.2) is 13.8 Å². The number of ether oxygens (including phenoxy) is 2. The van der Waals surface area contributed by atoms with Gasteiger partial charge in [0.2, 0.25) is 5.91 Å². The molecule has 0 unspecified atom stereocenters. The maximum absolute atomic E-state index is 15.9. The molecule has 6 rings (SSSR count). The molecule has 4 heterocycles. The Bertz CT molecular complexity index is 1970. The summed E-state index contributed by atoms with van der Waals surface area (Å²) in [5.41, 5.74) is 4.41. The van der Waals surface area contributed by atoms with Gasteiger partial charge in [-0.3, -0.25) is 14.7 Å². The van der Waals surface area contributed by atoms with Gasteiger partial charge in [0.15, 0.2) is 0 Å². The number of nitrogens with one attached hydrogen (secondary N) is 2. The second-order valence-electron chi connectivity index (χ2n) is 10.6. The highest BCUT2D eigenvalue weighted by atomic mass is 32.1. The highest BCUT2D eigenvalue weighted by Gasteiger charge is 2.29. The molecule has 0 aliphatic carbocycles. The van der Waals surface area contributed by atoms with Gasteiger partial charge < -0.3 is 19.7 Å². The monoisotopic (exact) mass is 629 g/mol. The number of fused-ring (bicyclic) bond motifs is 2. The topological polar surface area (TPSA) is 109 Å². The Kier molecular flexibility index (Phi) is 8.17. The summed E-state index contributed by atoms with van der Waals surface area (Å²) in [6.45, 7) is 6.06. The first-order valence-electron chi connectivity index (χ1n) is 14.1. The lowest BCUT2D eigenvalue weighted by Crippen LogP contribution is -2.24. The number of nitrogens with zero attached hydrogens (tertiary/aromatic N) is 3. The minimum atomic E-state index is -0.832. The van der Waals surface area contributed by atoms with E-state index < -0.39 is 17.7 Å². The minimum Gasteiger partial charge on any atom is -0.490 e. The fraction of sp³-hybridized carbons (Fsp3) is 0.212. The third-order valence-corrected chi connectivity index (χ3v) is 8.57. The number of halogens is 2. The first-order chi connectivity index (χ1) is 21.7. The number of aromatic amines is 1. The lowest BCUT2D eigenvalue weighted by atomic mass is 9.95. The van der Waals surface area contributed by atoms with Crippen molar-refractivity contribution in [1.82, 2.24) is 25.4 Å². The Balaban J connectivity index is 1.60. The van der Waals surface area contributed by atoms with Crippen LogP contribution in [0.5, 0.6) is 5.75 Å². The molecule has 12 heteroatoms. The summed E-state index contributed by atoms with van der Waals surface area (Å²) < 4.78 is 42.0. The van der Waals surface area contributed by atoms with Gasteiger partial charge in [-0.1, -0.05) is 18.7 Å². The van der Waals surface area contributed by atoms with E-state index in [-0.39, 0.29) is 36.3 Å². The first kappa shape index (κ1) is 30.1. The molecular weight excluding hydrogens is 600 g/mol. The number of methoxy groups -OCH3 is 1. The molecule has 0 fully saturated rings. The SMILES string of the molecule is C=CC(=O)N[C@H](C)c1cc(-c2nc(-c3ccc4c(c3)C(=O)N(C)C4)c3ccsc3c2-c2c(F)cc(F)cc2OCCOC)n[nH]1. The smallest absolute Gasteiger partial charge is 0.254 e. The van der Waals surface area contributed by atoms with Gasteiger partial charge in [-0.2, -0.15) is 5.10 Å². The van der Waals surface area contributed by atoms with Crippen molar-refractivity contribution >= 4 is 33.2 Å². The van der Waals surface area contributed by atoms with Crippen molar-refractivity contribution in [2.24, 2.45) is 0 Å². The second kappa shape index (κ2) is 12.2. The van der Waals surface area contributed by atoms with Gasteiger partial charge in [0, 0.05) is 59.6 Å². The second-order valence-corrected chi connectivity index (χ2v) is 11.5. The number of pyridine rings is 1. The normalized spacial score (nSPS) is 13.3. The summed E-state index contributed by atoms with van der Waals surface area (Å²) in [7, 11) is 3.26. The molecule has 2 amide bonds. The average Bonchev–Trinajstić information content (AvgIpc) is 3.76. The zero-order valence-corrected chi connectivity index (χ0v) is 25.6. The van der Waals surface area contributed by atoms with Crippen LogP contribution in [0.2, 0.25) is 0 Å². The third-order valence-electron chi connectivity index (χ3n) is 7.64. The summed E-state index contributed by atoms with van der Waals surface area (Å²) in [6.07, 6.45) is 1.17. The van der Waals surface area contributed by atoms with E-state index in [1.807, 2.05) is 29.6 Å². The number of thiophene rings is 1. The molecule has 0 saturated heterocycles. The molecule has 1 aliphatic heterocycles. The van der Waals surface area contributed by atoms with Crippen LogP contribution in [0, 0.1) is 11.6 Å². The van der Waals surface area contributed by atoms with Crippen molar-refractivity contribution in [1.29, 1.82) is 0 Å². The van der Waals surface area contributed by atoms with E-state index in [0.29, 0.717) is 56.1 Å². The average molecular weight is 630 g/mol. The van der Waals surface area contributed by atoms with Crippen molar-refractivity contribution in [2.45, 2.75) is 19.5 Å². The Morgan fingerprint density at radius 3 is 2.78 bits per heavy atom. The Morgan fingerprint density at radius 2 is 2.00 bits per heavy atom. The number of aromatic nitrogens is 3. The van der Waals surface area contributed by atoms with Crippen LogP contribution in [0.25, 0.3) is 43.9 Å². The van der Waals surface area contributed by atoms with E-state index in [1.165, 1.54) is 24.5 Å². The van der Waals surface area contributed by atoms with Crippen LogP contribution in [0.3, 0.4) is 0 Å². The van der Waals surface area contributed by atoms with Gasteiger partial charge in [-0.15, -0.1) is 11.3 Å². The molecule has 2 N–H and O–H groups in total. The Labute approximate surface area is 261 Å². The van der Waals surface area contributed by atoms with E-state index in [4.69, 9.17) is 14.5 Å². The number of hydrogen-bond acceptors (Lipinski definition) is 7. The molecular formula is C33H29F2N5O4S. The molecule has 3 aromatic heterocycles. The maximum atomic E-state index is 15.9. The van der Waals surface area contributed by atoms with Gasteiger partial charge in [0.1, 0.15) is 35.4 Å². The Hall–Kier alpha value is -4.94. The quantitative estimate of drug-likeness (QED) is 0.139. The molecule has 1 aliphatic rings. The number of carbonyl (C=O) groups is 2. The molecule has 0 radical (unpaired) electrons. The van der Waals surface area contributed by atoms with Crippen LogP contribution in [0.15, 0.2) is 60.5 Å². The molecule has 1 atom stereocenters. The molecule has 0 bridgehead atoms. The van der Waals surface area contributed by atoms with Crippen molar-refractivity contribution in [3.05, 3.63) is 89.0 Å². The van der Waals surface area contributed by atoms with Crippen molar-refractivity contribution < 1.29 is 27.8 Å². The largest absolute Gasteiger partial charge is 0.490 e. The zero-order chi connectivity index (χ0) is 31.8. The van der Waals surface area contributed by atoms with Crippen LogP contribution >= 0.6 is 11.3 Å². The number of H-pyrrole nitrogens is 1. The lowest BCUT2D eigenvalue weighted by molar-refractivity contribution is -0.117. The molecule has 0 saturated carbocycles. The number of hydrogen-bond donors (Lipinski definition) is 2. The predicted molar refractivity (Wildman–Crippen MR) is 168 cm³/mol. The molecule has 230 valence electrons. The fourth-order valence-electron chi connectivity index (χ4n) is 5.43. The van der Waals surface area contributed by atoms with Crippen LogP contribution in [0.1, 0.15) is 34.6 Å². The third kappa shape index (κ3) is 5.58. The van der Waals surface area contributed by atoms with Crippen LogP contribution in [-0.2, 0) is 16.1 Å². The number of amides is 2. The van der Waals surface area contributed by atoms with Gasteiger partial charge in [0.25, 0.3) is 5.91 Å². The fourth-order valence-corrected chi connectivity index (χ4v) is 6.38. The number of rotatable bonds is 10. The van der Waals surface area contributed by atoms with Crippen LogP contribution < -0.4 is 10.1 Å². The van der Waals surface area contributed by atoms with Crippen molar-refractivity contribution in [3.63, 3.8) is 0 Å². The van der Waals surface area contributed by atoms with E-state index in [0.717, 1.165) is 17.7 Å². The van der Waals surface area contributed by atoms with E-state index >= 15 is 4.39 Å². The van der Waals surface area contributed by atoms with Crippen molar-refractivity contribution in [2.75, 3.05) is 27.4 Å². The highest BCUT2D eigenvalue weighted by molar-refractivity contribution is 7.18. The standard InChI is InChI=1S/C33H29F2N5O4S/c1-5-27(41)36-17(2)24-15-25(39-38-24)31-29(28-23(35)13-20(34)14-26(28)44-10-9-43-4)32-21(8-11-45-32)30(37-31)18-6-7-19-16-40(3)33(42)22(19)12-18/h5-8,11-15,17H,1,9-10,16H2,2-4H3,(H,36,41)(H,38,39)/t17-/m1/s1. The first-order valence-corrected chi connectivity index (χ1v) is 15.0. The molecule has 0 spiro atoms. The lowest BCUT2D eigenvalue weighted by Gasteiger charge is -2.17. The van der Waals surface area contributed by atoms with Gasteiger partial charge in [0.05, 0.1) is 29.6 Å². The summed E-state index contributed by atoms with van der Waals surface area (Å²) >= 11 is 1.37. The maximum Gasteiger partial charge on any atom is 0.254 e. The highest BCUT2D eigenvalue weighted by Crippen LogP contribution is 2.47. The zero-order valence-electron chi connectivity index (χ0n) is 24.7. The van der Waals surface area contributed by atoms with Gasteiger partial charge in [-0.05, 0) is 42.1 Å². The summed E-state index contributed by atoms with van der Waals surface area (Å²) in [6, 6.07) is 10.7. The van der Waals surface area contributed by atoms with E-state index in [2.05, 4.69) is 22.1 Å².